The zero-order chi connectivity index (χ0) is 11.2. The first-order valence-corrected chi connectivity index (χ1v) is 5.04. The van der Waals surface area contributed by atoms with Gasteiger partial charge < -0.3 is 4.74 Å². The molecule has 0 aliphatic heterocycles. The minimum atomic E-state index is 0.493. The second-order valence-electron chi connectivity index (χ2n) is 3.27. The van der Waals surface area contributed by atoms with E-state index in [2.05, 4.69) is 5.10 Å². The van der Waals surface area contributed by atoms with Crippen LogP contribution in [-0.2, 0) is 6.54 Å². The van der Waals surface area contributed by atoms with Gasteiger partial charge in [-0.05, 0) is 18.2 Å². The molecule has 82 valence electrons. The van der Waals surface area contributed by atoms with Crippen molar-refractivity contribution in [1.29, 1.82) is 0 Å². The summed E-state index contributed by atoms with van der Waals surface area (Å²) in [5.74, 6) is 0.615. The molecule has 0 N–H and O–H groups in total. The third kappa shape index (κ3) is 2.48. The monoisotopic (exact) mass is 216 g/mol. The zero-order valence-corrected chi connectivity index (χ0v) is 8.74. The molecular formula is C12H12N2O2. The minimum absolute atomic E-state index is 0.493. The molecule has 0 amide bonds. The fourth-order valence-electron chi connectivity index (χ4n) is 1.39. The van der Waals surface area contributed by atoms with Crippen LogP contribution in [0.1, 0.15) is 10.4 Å². The van der Waals surface area contributed by atoms with Crippen molar-refractivity contribution in [3.63, 3.8) is 0 Å². The van der Waals surface area contributed by atoms with Crippen LogP contribution in [0.5, 0.6) is 5.75 Å². The van der Waals surface area contributed by atoms with E-state index in [-0.39, 0.29) is 0 Å². The Morgan fingerprint density at radius 3 is 2.94 bits per heavy atom. The van der Waals surface area contributed by atoms with Gasteiger partial charge in [0.05, 0.1) is 12.1 Å². The molecule has 0 aliphatic carbocycles. The normalized spacial score (nSPS) is 10.0. The fraction of sp³-hybridized carbons (Fsp3) is 0.167. The summed E-state index contributed by atoms with van der Waals surface area (Å²) in [7, 11) is 0. The summed E-state index contributed by atoms with van der Waals surface area (Å²) in [4.78, 5) is 10.7. The molecule has 4 nitrogen and oxygen atoms in total. The molecule has 0 fully saturated rings. The molecule has 0 unspecified atom stereocenters. The molecule has 1 heterocycles. The smallest absolute Gasteiger partial charge is 0.153 e. The zero-order valence-electron chi connectivity index (χ0n) is 8.74. The van der Waals surface area contributed by atoms with Gasteiger partial charge in [-0.1, -0.05) is 12.1 Å². The van der Waals surface area contributed by atoms with E-state index < -0.39 is 0 Å². The first-order valence-electron chi connectivity index (χ1n) is 5.04. The average molecular weight is 216 g/mol. The van der Waals surface area contributed by atoms with E-state index in [9.17, 15) is 4.79 Å². The van der Waals surface area contributed by atoms with Crippen molar-refractivity contribution in [2.24, 2.45) is 0 Å². The number of ether oxygens (including phenoxy) is 1. The predicted octanol–water partition coefficient (Wildman–Crippen LogP) is 1.77. The number of para-hydroxylation sites is 1. The summed E-state index contributed by atoms with van der Waals surface area (Å²) in [5.41, 5.74) is 0.572. The molecule has 4 heteroatoms. The Morgan fingerprint density at radius 2 is 2.19 bits per heavy atom. The van der Waals surface area contributed by atoms with Gasteiger partial charge in [0.15, 0.2) is 6.29 Å². The second-order valence-corrected chi connectivity index (χ2v) is 3.27. The number of aromatic nitrogens is 2. The number of hydrogen-bond donors (Lipinski definition) is 0. The molecule has 0 saturated carbocycles. The topological polar surface area (TPSA) is 44.1 Å². The predicted molar refractivity (Wildman–Crippen MR) is 59.6 cm³/mol. The van der Waals surface area contributed by atoms with Crippen LogP contribution in [0.3, 0.4) is 0 Å². The van der Waals surface area contributed by atoms with Gasteiger partial charge in [-0.3, -0.25) is 9.48 Å². The first-order chi connectivity index (χ1) is 7.90. The van der Waals surface area contributed by atoms with Crippen LogP contribution in [0.4, 0.5) is 0 Å². The number of nitrogens with zero attached hydrogens (tertiary/aromatic N) is 2. The van der Waals surface area contributed by atoms with Gasteiger partial charge in [-0.15, -0.1) is 0 Å². The average Bonchev–Trinajstić information content (AvgIpc) is 2.83. The summed E-state index contributed by atoms with van der Waals surface area (Å²) in [5, 5.41) is 4.06. The molecule has 0 saturated heterocycles. The Hall–Kier alpha value is -2.10. The molecule has 1 aromatic heterocycles. The minimum Gasteiger partial charge on any atom is -0.491 e. The van der Waals surface area contributed by atoms with Crippen molar-refractivity contribution < 1.29 is 9.53 Å². The molecule has 0 aliphatic rings. The van der Waals surface area contributed by atoms with E-state index in [1.54, 1.807) is 23.0 Å². The third-order valence-electron chi connectivity index (χ3n) is 2.18. The van der Waals surface area contributed by atoms with Gasteiger partial charge in [0, 0.05) is 12.4 Å². The fourth-order valence-corrected chi connectivity index (χ4v) is 1.39. The molecule has 1 aromatic carbocycles. The molecule has 0 radical (unpaired) electrons. The van der Waals surface area contributed by atoms with Gasteiger partial charge in [0.2, 0.25) is 0 Å². The number of rotatable bonds is 5. The lowest BCUT2D eigenvalue weighted by Crippen LogP contribution is -2.09. The largest absolute Gasteiger partial charge is 0.491 e. The Labute approximate surface area is 93.5 Å². The van der Waals surface area contributed by atoms with Crippen LogP contribution in [0, 0.1) is 0 Å². The van der Waals surface area contributed by atoms with Crippen LogP contribution in [0.25, 0.3) is 0 Å². The molecule has 2 aromatic rings. The summed E-state index contributed by atoms with van der Waals surface area (Å²) in [6.07, 6.45) is 4.39. The lowest BCUT2D eigenvalue weighted by molar-refractivity contribution is 0.111. The summed E-state index contributed by atoms with van der Waals surface area (Å²) in [6, 6.07) is 9.03. The SMILES string of the molecule is O=Cc1ccccc1OCCn1cccn1. The van der Waals surface area contributed by atoms with Gasteiger partial charge in [0.1, 0.15) is 12.4 Å². The van der Waals surface area contributed by atoms with Crippen molar-refractivity contribution >= 4 is 6.29 Å². The number of carbonyl (C=O) groups excluding carboxylic acids is 1. The number of carbonyl (C=O) groups is 1. The lowest BCUT2D eigenvalue weighted by atomic mass is 10.2. The first kappa shape index (κ1) is 10.4. The summed E-state index contributed by atoms with van der Waals surface area (Å²) < 4.78 is 7.29. The molecule has 0 atom stereocenters. The summed E-state index contributed by atoms with van der Waals surface area (Å²) >= 11 is 0. The summed E-state index contributed by atoms with van der Waals surface area (Å²) in [6.45, 7) is 1.16. The Bertz CT molecular complexity index is 452. The van der Waals surface area contributed by atoms with Crippen LogP contribution in [-0.4, -0.2) is 22.7 Å². The van der Waals surface area contributed by atoms with Crippen LogP contribution in [0.15, 0.2) is 42.7 Å². The van der Waals surface area contributed by atoms with E-state index in [0.29, 0.717) is 24.5 Å². The molecule has 0 spiro atoms. The highest BCUT2D eigenvalue weighted by Gasteiger charge is 2.00. The van der Waals surface area contributed by atoms with Crippen molar-refractivity contribution in [2.45, 2.75) is 6.54 Å². The van der Waals surface area contributed by atoms with Gasteiger partial charge in [-0.2, -0.15) is 5.10 Å². The maximum Gasteiger partial charge on any atom is 0.153 e. The van der Waals surface area contributed by atoms with Gasteiger partial charge >= 0.3 is 0 Å². The van der Waals surface area contributed by atoms with E-state index >= 15 is 0 Å². The van der Waals surface area contributed by atoms with Crippen LogP contribution < -0.4 is 4.74 Å². The van der Waals surface area contributed by atoms with Crippen molar-refractivity contribution in [3.05, 3.63) is 48.3 Å². The lowest BCUT2D eigenvalue weighted by Gasteiger charge is -2.07. The second kappa shape index (κ2) is 5.11. The highest BCUT2D eigenvalue weighted by molar-refractivity contribution is 5.79. The van der Waals surface area contributed by atoms with Gasteiger partial charge in [0.25, 0.3) is 0 Å². The van der Waals surface area contributed by atoms with E-state index in [1.807, 2.05) is 24.4 Å². The number of aldehydes is 1. The van der Waals surface area contributed by atoms with E-state index in [0.717, 1.165) is 6.29 Å². The quantitative estimate of drug-likeness (QED) is 0.715. The van der Waals surface area contributed by atoms with Gasteiger partial charge in [-0.25, -0.2) is 0 Å². The molecule has 2 rings (SSSR count). The molecule has 0 bridgehead atoms. The molecular weight excluding hydrogens is 204 g/mol. The Kier molecular flexibility index (Phi) is 3.33. The van der Waals surface area contributed by atoms with Crippen molar-refractivity contribution in [3.8, 4) is 5.75 Å². The van der Waals surface area contributed by atoms with Crippen LogP contribution in [0.2, 0.25) is 0 Å². The highest BCUT2D eigenvalue weighted by Crippen LogP contribution is 2.15. The van der Waals surface area contributed by atoms with E-state index in [1.165, 1.54) is 0 Å². The maximum absolute atomic E-state index is 10.7. The van der Waals surface area contributed by atoms with E-state index in [4.69, 9.17) is 4.74 Å². The Morgan fingerprint density at radius 1 is 1.31 bits per heavy atom. The third-order valence-corrected chi connectivity index (χ3v) is 2.18. The number of hydrogen-bond acceptors (Lipinski definition) is 3. The van der Waals surface area contributed by atoms with Crippen molar-refractivity contribution in [1.82, 2.24) is 9.78 Å². The number of benzene rings is 1. The van der Waals surface area contributed by atoms with Crippen LogP contribution >= 0.6 is 0 Å². The van der Waals surface area contributed by atoms with Crippen molar-refractivity contribution in [2.75, 3.05) is 6.61 Å². The maximum atomic E-state index is 10.7. The Balaban J connectivity index is 1.92. The molecule has 16 heavy (non-hydrogen) atoms. The highest BCUT2D eigenvalue weighted by atomic mass is 16.5. The standard InChI is InChI=1S/C12H12N2O2/c15-10-11-4-1-2-5-12(11)16-9-8-14-7-3-6-13-14/h1-7,10H,8-9H2.